The van der Waals surface area contributed by atoms with Crippen LogP contribution in [0, 0.1) is 0 Å². The Bertz CT molecular complexity index is 1060. The molecule has 0 radical (unpaired) electrons. The number of rotatable bonds is 9. The summed E-state index contributed by atoms with van der Waals surface area (Å²) < 4.78 is 21.6. The monoisotopic (exact) mass is 437 g/mol. The Morgan fingerprint density at radius 2 is 1.88 bits per heavy atom. The Kier molecular flexibility index (Phi) is 6.58. The van der Waals surface area contributed by atoms with Crippen molar-refractivity contribution in [2.75, 3.05) is 33.9 Å². The molecule has 8 heteroatoms. The normalized spacial score (nSPS) is 15.8. The van der Waals surface area contributed by atoms with Gasteiger partial charge in [-0.3, -0.25) is 4.79 Å². The van der Waals surface area contributed by atoms with E-state index in [0.717, 1.165) is 23.3 Å². The fourth-order valence-electron chi connectivity index (χ4n) is 3.84. The topological polar surface area (TPSA) is 86.9 Å². The molecule has 1 amide bonds. The number of aromatic nitrogens is 2. The standard InChI is InChI=1S/C24H27N3O5/c1-4-31-19-8-6-17(7-9-19)23-25-24(32-26-23)18-14-22(28)27(15-18)12-11-16-5-10-20(29-2)21(13-16)30-3/h5-10,13,18H,4,11-12,14-15H2,1-3H3. The third-order valence-electron chi connectivity index (χ3n) is 5.55. The molecule has 0 saturated carbocycles. The highest BCUT2D eigenvalue weighted by Gasteiger charge is 2.34. The van der Waals surface area contributed by atoms with Crippen LogP contribution in [0.1, 0.15) is 30.7 Å². The molecule has 1 aliphatic heterocycles. The Hall–Kier alpha value is -3.55. The minimum Gasteiger partial charge on any atom is -0.494 e. The SMILES string of the molecule is CCOc1ccc(-c2noc(C3CC(=O)N(CCc4ccc(OC)c(OC)c4)C3)n2)cc1. The number of carbonyl (C=O) groups is 1. The zero-order valence-corrected chi connectivity index (χ0v) is 18.5. The van der Waals surface area contributed by atoms with Crippen molar-refractivity contribution in [3.05, 3.63) is 53.9 Å². The first-order chi connectivity index (χ1) is 15.6. The summed E-state index contributed by atoms with van der Waals surface area (Å²) in [5.74, 6) is 3.17. The van der Waals surface area contributed by atoms with Gasteiger partial charge in [0.1, 0.15) is 5.75 Å². The van der Waals surface area contributed by atoms with E-state index in [4.69, 9.17) is 18.7 Å². The molecule has 1 unspecified atom stereocenters. The Balaban J connectivity index is 1.38. The summed E-state index contributed by atoms with van der Waals surface area (Å²) in [5.41, 5.74) is 1.92. The van der Waals surface area contributed by atoms with Crippen molar-refractivity contribution in [1.82, 2.24) is 15.0 Å². The van der Waals surface area contributed by atoms with Crippen molar-refractivity contribution in [3.8, 4) is 28.6 Å². The highest BCUT2D eigenvalue weighted by molar-refractivity contribution is 5.79. The van der Waals surface area contributed by atoms with Crippen LogP contribution < -0.4 is 14.2 Å². The predicted molar refractivity (Wildman–Crippen MR) is 118 cm³/mol. The molecule has 1 aromatic heterocycles. The Labute approximate surface area is 187 Å². The summed E-state index contributed by atoms with van der Waals surface area (Å²) in [6.45, 7) is 3.74. The highest BCUT2D eigenvalue weighted by Crippen LogP contribution is 2.31. The van der Waals surface area contributed by atoms with Crippen LogP contribution in [0.25, 0.3) is 11.4 Å². The zero-order chi connectivity index (χ0) is 22.5. The molecular formula is C24H27N3O5. The van der Waals surface area contributed by atoms with E-state index in [1.807, 2.05) is 54.3 Å². The largest absolute Gasteiger partial charge is 0.494 e. The van der Waals surface area contributed by atoms with E-state index in [1.165, 1.54) is 0 Å². The third-order valence-corrected chi connectivity index (χ3v) is 5.55. The maximum atomic E-state index is 12.6. The molecule has 1 aliphatic rings. The number of hydrogen-bond acceptors (Lipinski definition) is 7. The molecule has 32 heavy (non-hydrogen) atoms. The van der Waals surface area contributed by atoms with Gasteiger partial charge in [-0.15, -0.1) is 0 Å². The van der Waals surface area contributed by atoms with Crippen molar-refractivity contribution in [1.29, 1.82) is 0 Å². The lowest BCUT2D eigenvalue weighted by molar-refractivity contribution is -0.127. The van der Waals surface area contributed by atoms with Gasteiger partial charge in [-0.2, -0.15) is 4.98 Å². The van der Waals surface area contributed by atoms with Crippen LogP contribution in [0.5, 0.6) is 17.2 Å². The van der Waals surface area contributed by atoms with Gasteiger partial charge in [0.15, 0.2) is 11.5 Å². The first kappa shape index (κ1) is 21.7. The van der Waals surface area contributed by atoms with Gasteiger partial charge in [0.05, 0.1) is 26.7 Å². The molecule has 0 bridgehead atoms. The summed E-state index contributed by atoms with van der Waals surface area (Å²) in [6, 6.07) is 13.4. The average Bonchev–Trinajstić information content (AvgIpc) is 3.45. The zero-order valence-electron chi connectivity index (χ0n) is 18.5. The van der Waals surface area contributed by atoms with Gasteiger partial charge in [0.25, 0.3) is 0 Å². The fraction of sp³-hybridized carbons (Fsp3) is 0.375. The number of benzene rings is 2. The smallest absolute Gasteiger partial charge is 0.232 e. The summed E-state index contributed by atoms with van der Waals surface area (Å²) in [7, 11) is 3.22. The summed E-state index contributed by atoms with van der Waals surface area (Å²) in [6.07, 6.45) is 1.09. The molecule has 4 rings (SSSR count). The summed E-state index contributed by atoms with van der Waals surface area (Å²) in [5, 5.41) is 4.10. The highest BCUT2D eigenvalue weighted by atomic mass is 16.5. The molecule has 1 saturated heterocycles. The molecule has 1 fully saturated rings. The number of hydrogen-bond donors (Lipinski definition) is 0. The predicted octanol–water partition coefficient (Wildman–Crippen LogP) is 3.71. The van der Waals surface area contributed by atoms with Crippen molar-refractivity contribution in [3.63, 3.8) is 0 Å². The van der Waals surface area contributed by atoms with Crippen molar-refractivity contribution in [2.45, 2.75) is 25.7 Å². The molecule has 0 N–H and O–H groups in total. The lowest BCUT2D eigenvalue weighted by Crippen LogP contribution is -2.27. The minimum absolute atomic E-state index is 0.0938. The summed E-state index contributed by atoms with van der Waals surface area (Å²) in [4.78, 5) is 18.9. The van der Waals surface area contributed by atoms with E-state index in [-0.39, 0.29) is 11.8 Å². The number of methoxy groups -OCH3 is 2. The van der Waals surface area contributed by atoms with Gasteiger partial charge in [0, 0.05) is 25.1 Å². The molecular weight excluding hydrogens is 410 g/mol. The Morgan fingerprint density at radius 1 is 1.09 bits per heavy atom. The minimum atomic E-state index is -0.100. The number of carbonyl (C=O) groups excluding carboxylic acids is 1. The second-order valence-electron chi connectivity index (χ2n) is 7.59. The van der Waals surface area contributed by atoms with Crippen molar-refractivity contribution < 1.29 is 23.5 Å². The lowest BCUT2D eigenvalue weighted by Gasteiger charge is -2.16. The molecule has 1 atom stereocenters. The number of amides is 1. The van der Waals surface area contributed by atoms with Crippen LogP contribution in [0.4, 0.5) is 0 Å². The summed E-state index contributed by atoms with van der Waals surface area (Å²) >= 11 is 0. The van der Waals surface area contributed by atoms with E-state index in [9.17, 15) is 4.79 Å². The van der Waals surface area contributed by atoms with Gasteiger partial charge in [-0.1, -0.05) is 11.2 Å². The van der Waals surface area contributed by atoms with Crippen LogP contribution in [-0.2, 0) is 11.2 Å². The average molecular weight is 437 g/mol. The molecule has 2 heterocycles. The molecule has 0 spiro atoms. The maximum absolute atomic E-state index is 12.6. The van der Waals surface area contributed by atoms with Crippen LogP contribution in [0.15, 0.2) is 47.0 Å². The van der Waals surface area contributed by atoms with Gasteiger partial charge < -0.3 is 23.6 Å². The van der Waals surface area contributed by atoms with Crippen LogP contribution in [-0.4, -0.2) is 54.9 Å². The van der Waals surface area contributed by atoms with Crippen molar-refractivity contribution in [2.24, 2.45) is 0 Å². The van der Waals surface area contributed by atoms with Gasteiger partial charge in [0.2, 0.25) is 17.6 Å². The van der Waals surface area contributed by atoms with Gasteiger partial charge in [-0.05, 0) is 55.3 Å². The second kappa shape index (κ2) is 9.72. The van der Waals surface area contributed by atoms with E-state index >= 15 is 0 Å². The van der Waals surface area contributed by atoms with Crippen molar-refractivity contribution >= 4 is 5.91 Å². The van der Waals surface area contributed by atoms with E-state index < -0.39 is 0 Å². The molecule has 0 aliphatic carbocycles. The van der Waals surface area contributed by atoms with Gasteiger partial charge in [-0.25, -0.2) is 0 Å². The van der Waals surface area contributed by atoms with Crippen LogP contribution in [0.3, 0.4) is 0 Å². The maximum Gasteiger partial charge on any atom is 0.232 e. The van der Waals surface area contributed by atoms with Crippen LogP contribution in [0.2, 0.25) is 0 Å². The quantitative estimate of drug-likeness (QED) is 0.504. The first-order valence-corrected chi connectivity index (χ1v) is 10.7. The third kappa shape index (κ3) is 4.69. The number of ether oxygens (including phenoxy) is 3. The molecule has 8 nitrogen and oxygen atoms in total. The number of likely N-dealkylation sites (tertiary alicyclic amines) is 1. The van der Waals surface area contributed by atoms with Crippen LogP contribution >= 0.6 is 0 Å². The Morgan fingerprint density at radius 3 is 2.59 bits per heavy atom. The van der Waals surface area contributed by atoms with E-state index in [2.05, 4.69) is 10.1 Å². The van der Waals surface area contributed by atoms with E-state index in [0.29, 0.717) is 49.3 Å². The van der Waals surface area contributed by atoms with E-state index in [1.54, 1.807) is 14.2 Å². The number of nitrogens with zero attached hydrogens (tertiary/aromatic N) is 3. The fourth-order valence-corrected chi connectivity index (χ4v) is 3.84. The molecule has 2 aromatic carbocycles. The first-order valence-electron chi connectivity index (χ1n) is 10.7. The molecule has 168 valence electrons. The van der Waals surface area contributed by atoms with Gasteiger partial charge >= 0.3 is 0 Å². The lowest BCUT2D eigenvalue weighted by atomic mass is 10.1. The second-order valence-corrected chi connectivity index (χ2v) is 7.59. The molecule has 3 aromatic rings.